The van der Waals surface area contributed by atoms with E-state index in [1.807, 2.05) is 19.9 Å². The Kier molecular flexibility index (Phi) is 8.06. The van der Waals surface area contributed by atoms with Crippen molar-refractivity contribution < 1.29 is 18.7 Å². The molecule has 3 rings (SSSR count). The molecule has 0 fully saturated rings. The highest BCUT2D eigenvalue weighted by molar-refractivity contribution is 14.1. The monoisotopic (exact) mass is 556 g/mol. The molecule has 0 saturated carbocycles. The third kappa shape index (κ3) is 6.33. The molecule has 0 atom stereocenters. The number of carbonyl (C=O) groups is 1. The number of anilines is 1. The zero-order valence-electron chi connectivity index (χ0n) is 18.4. The summed E-state index contributed by atoms with van der Waals surface area (Å²) in [5, 5.41) is 11.9. The van der Waals surface area contributed by atoms with Gasteiger partial charge in [-0.2, -0.15) is 5.26 Å². The Balaban J connectivity index is 1.84. The highest BCUT2D eigenvalue weighted by Gasteiger charge is 2.15. The van der Waals surface area contributed by atoms with Gasteiger partial charge in [0.05, 0.1) is 16.4 Å². The number of aryl methyl sites for hydroxylation is 2. The first-order valence-corrected chi connectivity index (χ1v) is 11.1. The first-order chi connectivity index (χ1) is 15.8. The van der Waals surface area contributed by atoms with Crippen molar-refractivity contribution in [1.29, 1.82) is 5.26 Å². The Morgan fingerprint density at radius 3 is 2.48 bits per heavy atom. The van der Waals surface area contributed by atoms with E-state index in [2.05, 4.69) is 46.1 Å². The van der Waals surface area contributed by atoms with E-state index in [4.69, 9.17) is 9.47 Å². The molecule has 0 aromatic heterocycles. The minimum atomic E-state index is -0.702. The van der Waals surface area contributed by atoms with Gasteiger partial charge in [-0.25, -0.2) is 4.39 Å². The smallest absolute Gasteiger partial charge is 0.266 e. The molecule has 168 valence electrons. The first-order valence-electron chi connectivity index (χ1n) is 10.1. The summed E-state index contributed by atoms with van der Waals surface area (Å²) < 4.78 is 26.1. The van der Waals surface area contributed by atoms with E-state index >= 15 is 0 Å². The van der Waals surface area contributed by atoms with Crippen molar-refractivity contribution in [3.8, 4) is 17.6 Å². The van der Waals surface area contributed by atoms with Crippen LogP contribution in [0.1, 0.15) is 22.3 Å². The summed E-state index contributed by atoms with van der Waals surface area (Å²) >= 11 is 2.12. The molecule has 0 aliphatic rings. The van der Waals surface area contributed by atoms with Gasteiger partial charge in [0.2, 0.25) is 0 Å². The predicted octanol–water partition coefficient (Wildman–Crippen LogP) is 6.18. The number of hydrogen-bond acceptors (Lipinski definition) is 4. The van der Waals surface area contributed by atoms with Crippen molar-refractivity contribution in [3.05, 3.63) is 91.8 Å². The lowest BCUT2D eigenvalue weighted by Crippen LogP contribution is -2.14. The molecule has 5 nitrogen and oxygen atoms in total. The van der Waals surface area contributed by atoms with E-state index < -0.39 is 11.7 Å². The molecular formula is C26H22FIN2O3. The van der Waals surface area contributed by atoms with Crippen molar-refractivity contribution >= 4 is 40.3 Å². The normalized spacial score (nSPS) is 11.0. The zero-order chi connectivity index (χ0) is 24.0. The minimum absolute atomic E-state index is 0.00550. The number of amides is 1. The highest BCUT2D eigenvalue weighted by atomic mass is 127. The van der Waals surface area contributed by atoms with Crippen LogP contribution in [0.4, 0.5) is 10.1 Å². The van der Waals surface area contributed by atoms with Crippen LogP contribution in [0.5, 0.6) is 11.5 Å². The summed E-state index contributed by atoms with van der Waals surface area (Å²) in [5.41, 5.74) is 3.79. The molecule has 0 aliphatic heterocycles. The fourth-order valence-electron chi connectivity index (χ4n) is 3.34. The van der Waals surface area contributed by atoms with Gasteiger partial charge in [0.1, 0.15) is 24.1 Å². The van der Waals surface area contributed by atoms with Crippen molar-refractivity contribution in [1.82, 2.24) is 0 Å². The Morgan fingerprint density at radius 1 is 1.15 bits per heavy atom. The molecule has 33 heavy (non-hydrogen) atoms. The van der Waals surface area contributed by atoms with Crippen LogP contribution in [0.15, 0.2) is 60.2 Å². The quantitative estimate of drug-likeness (QED) is 0.214. The van der Waals surface area contributed by atoms with Crippen LogP contribution in [0.25, 0.3) is 6.08 Å². The van der Waals surface area contributed by atoms with E-state index in [0.29, 0.717) is 23.7 Å². The van der Waals surface area contributed by atoms with Crippen LogP contribution in [0.2, 0.25) is 0 Å². The first kappa shape index (κ1) is 24.3. The third-order valence-electron chi connectivity index (χ3n) is 4.71. The van der Waals surface area contributed by atoms with Crippen molar-refractivity contribution in [2.75, 3.05) is 12.4 Å². The molecule has 0 bridgehead atoms. The summed E-state index contributed by atoms with van der Waals surface area (Å²) in [6.45, 7) is 4.45. The Bertz CT molecular complexity index is 1240. The number of rotatable bonds is 7. The maximum absolute atomic E-state index is 13.8. The van der Waals surface area contributed by atoms with E-state index in [-0.39, 0.29) is 11.3 Å². The summed E-state index contributed by atoms with van der Waals surface area (Å²) in [4.78, 5) is 12.5. The van der Waals surface area contributed by atoms with Gasteiger partial charge in [0, 0.05) is 0 Å². The molecule has 3 aromatic carbocycles. The van der Waals surface area contributed by atoms with E-state index in [1.54, 1.807) is 18.2 Å². The number of nitriles is 1. The number of nitrogens with one attached hydrogen (secondary N) is 1. The molecule has 7 heteroatoms. The number of nitrogens with zero attached hydrogens (tertiary/aromatic N) is 1. The van der Waals surface area contributed by atoms with Crippen LogP contribution in [-0.2, 0) is 11.4 Å². The van der Waals surface area contributed by atoms with Crippen molar-refractivity contribution in [2.45, 2.75) is 20.5 Å². The van der Waals surface area contributed by atoms with Crippen LogP contribution in [0, 0.1) is 34.6 Å². The Hall–Kier alpha value is -3.38. The average Bonchev–Trinajstić information content (AvgIpc) is 2.77. The van der Waals surface area contributed by atoms with Crippen molar-refractivity contribution in [2.24, 2.45) is 0 Å². The lowest BCUT2D eigenvalue weighted by atomic mass is 10.1. The van der Waals surface area contributed by atoms with Gasteiger partial charge in [-0.3, -0.25) is 4.79 Å². The molecule has 3 aromatic rings. The van der Waals surface area contributed by atoms with E-state index in [9.17, 15) is 14.4 Å². The van der Waals surface area contributed by atoms with Gasteiger partial charge in [-0.1, -0.05) is 41.5 Å². The number of carbonyl (C=O) groups excluding carboxylic acids is 1. The third-order valence-corrected chi connectivity index (χ3v) is 5.52. The number of halogens is 2. The minimum Gasteiger partial charge on any atom is -0.493 e. The topological polar surface area (TPSA) is 71.3 Å². The number of benzene rings is 3. The average molecular weight is 556 g/mol. The van der Waals surface area contributed by atoms with Gasteiger partial charge >= 0.3 is 0 Å². The number of para-hydroxylation sites is 1. The summed E-state index contributed by atoms with van der Waals surface area (Å²) in [6.07, 6.45) is 1.43. The maximum atomic E-state index is 13.8. The summed E-state index contributed by atoms with van der Waals surface area (Å²) in [7, 11) is 1.53. The second-order valence-corrected chi connectivity index (χ2v) is 8.58. The van der Waals surface area contributed by atoms with Gasteiger partial charge < -0.3 is 14.8 Å². The second kappa shape index (κ2) is 11.0. The van der Waals surface area contributed by atoms with Crippen LogP contribution >= 0.6 is 22.6 Å². The molecule has 0 unspecified atom stereocenters. The summed E-state index contributed by atoms with van der Waals surface area (Å²) in [6, 6.07) is 17.3. The highest BCUT2D eigenvalue weighted by Crippen LogP contribution is 2.35. The van der Waals surface area contributed by atoms with Gasteiger partial charge in [0.15, 0.2) is 11.5 Å². The molecule has 1 amide bonds. The largest absolute Gasteiger partial charge is 0.493 e. The number of methoxy groups -OCH3 is 1. The number of hydrogen-bond donors (Lipinski definition) is 1. The standard InChI is InChI=1S/C26H22FIN2O3/c1-16-8-17(2)10-19(9-16)15-33-25-22(28)12-18(13-24(25)32-3)11-20(14-29)26(31)30-23-7-5-4-6-21(23)27/h4-13H,15H2,1-3H3,(H,30,31)/b20-11+. The zero-order valence-corrected chi connectivity index (χ0v) is 20.6. The van der Waals surface area contributed by atoms with Crippen molar-refractivity contribution in [3.63, 3.8) is 0 Å². The van der Waals surface area contributed by atoms with Gasteiger partial charge in [0.25, 0.3) is 5.91 Å². The molecule has 0 spiro atoms. The van der Waals surface area contributed by atoms with E-state index in [0.717, 1.165) is 20.3 Å². The Morgan fingerprint density at radius 2 is 1.85 bits per heavy atom. The van der Waals surface area contributed by atoms with E-state index in [1.165, 1.54) is 31.4 Å². The lowest BCUT2D eigenvalue weighted by molar-refractivity contribution is -0.112. The molecule has 0 saturated heterocycles. The van der Waals surface area contributed by atoms with Crippen LogP contribution in [-0.4, -0.2) is 13.0 Å². The van der Waals surface area contributed by atoms with Crippen LogP contribution in [0.3, 0.4) is 0 Å². The Labute approximate surface area is 206 Å². The molecular weight excluding hydrogens is 534 g/mol. The van der Waals surface area contributed by atoms with Gasteiger partial charge in [-0.15, -0.1) is 0 Å². The predicted molar refractivity (Wildman–Crippen MR) is 135 cm³/mol. The molecule has 1 N–H and O–H groups in total. The molecule has 0 radical (unpaired) electrons. The lowest BCUT2D eigenvalue weighted by Gasteiger charge is -2.14. The maximum Gasteiger partial charge on any atom is 0.266 e. The molecule has 0 aliphatic carbocycles. The SMILES string of the molecule is COc1cc(/C=C(\C#N)C(=O)Nc2ccccc2F)cc(I)c1OCc1cc(C)cc(C)c1. The van der Waals surface area contributed by atoms with Gasteiger partial charge in [-0.05, 0) is 77.9 Å². The summed E-state index contributed by atoms with van der Waals surface area (Å²) in [5.74, 6) is -0.232. The molecule has 0 heterocycles. The van der Waals surface area contributed by atoms with Crippen LogP contribution < -0.4 is 14.8 Å². The number of ether oxygens (including phenoxy) is 2. The fourth-order valence-corrected chi connectivity index (χ4v) is 4.12. The fraction of sp³-hybridized carbons (Fsp3) is 0.154. The second-order valence-electron chi connectivity index (χ2n) is 7.42.